The molecular formula is C26H19F3N8O. The molecular weight excluding hydrogens is 497 g/mol. The number of pyridine rings is 3. The van der Waals surface area contributed by atoms with Crippen molar-refractivity contribution in [3.63, 3.8) is 0 Å². The van der Waals surface area contributed by atoms with E-state index in [1.165, 1.54) is 12.4 Å². The van der Waals surface area contributed by atoms with Gasteiger partial charge >= 0.3 is 0 Å². The fraction of sp³-hybridized carbons (Fsp3) is 0.192. The van der Waals surface area contributed by atoms with Gasteiger partial charge < -0.3 is 9.40 Å². The van der Waals surface area contributed by atoms with Crippen LogP contribution in [0.25, 0.3) is 56.0 Å². The lowest BCUT2D eigenvalue weighted by molar-refractivity contribution is 0.0115. The molecule has 0 bridgehead atoms. The molecule has 1 aliphatic heterocycles. The highest BCUT2D eigenvalue weighted by atomic mass is 19.3. The molecule has 0 aromatic carbocycles. The van der Waals surface area contributed by atoms with Gasteiger partial charge in [0.05, 0.1) is 41.7 Å². The fourth-order valence-corrected chi connectivity index (χ4v) is 4.91. The van der Waals surface area contributed by atoms with Crippen molar-refractivity contribution in [3.05, 3.63) is 66.9 Å². The number of likely N-dealkylation sites (tertiary alicyclic amines) is 1. The van der Waals surface area contributed by atoms with Crippen molar-refractivity contribution in [1.29, 1.82) is 0 Å². The molecule has 2 N–H and O–H groups in total. The maximum Gasteiger partial charge on any atom is 0.261 e. The van der Waals surface area contributed by atoms with E-state index in [1.807, 2.05) is 0 Å². The van der Waals surface area contributed by atoms with Gasteiger partial charge in [-0.15, -0.1) is 0 Å². The Bertz CT molecular complexity index is 1790. The summed E-state index contributed by atoms with van der Waals surface area (Å²) in [6, 6.07) is 5.29. The van der Waals surface area contributed by atoms with Gasteiger partial charge in [-0.05, 0) is 23.8 Å². The first-order valence-electron chi connectivity index (χ1n) is 11.9. The maximum absolute atomic E-state index is 16.0. The molecule has 0 saturated carbocycles. The molecule has 7 heterocycles. The summed E-state index contributed by atoms with van der Waals surface area (Å²) in [7, 11) is 0. The Morgan fingerprint density at radius 2 is 1.95 bits per heavy atom. The predicted octanol–water partition coefficient (Wildman–Crippen LogP) is 5.20. The third kappa shape index (κ3) is 3.80. The summed E-state index contributed by atoms with van der Waals surface area (Å²) in [6.45, 7) is 0.288. The summed E-state index contributed by atoms with van der Waals surface area (Å²) in [5, 5.41) is 7.36. The number of hydrogen-bond acceptors (Lipinski definition) is 7. The number of aromatic nitrogens is 7. The van der Waals surface area contributed by atoms with Crippen LogP contribution < -0.4 is 0 Å². The van der Waals surface area contributed by atoms with E-state index in [9.17, 15) is 8.78 Å². The quantitative estimate of drug-likeness (QED) is 0.324. The van der Waals surface area contributed by atoms with Crippen LogP contribution in [0.2, 0.25) is 0 Å². The van der Waals surface area contributed by atoms with Crippen LogP contribution in [0.3, 0.4) is 0 Å². The number of nitrogens with zero attached hydrogens (tertiary/aromatic N) is 6. The van der Waals surface area contributed by atoms with Gasteiger partial charge in [0, 0.05) is 49.2 Å². The van der Waals surface area contributed by atoms with Crippen LogP contribution in [0, 0.1) is 5.82 Å². The topological polar surface area (TPSA) is 112 Å². The Labute approximate surface area is 212 Å². The molecule has 12 heteroatoms. The number of nitrogens with one attached hydrogen (secondary N) is 2. The Balaban J connectivity index is 1.28. The van der Waals surface area contributed by atoms with Gasteiger partial charge in [-0.3, -0.25) is 25.0 Å². The molecule has 38 heavy (non-hydrogen) atoms. The number of aromatic amines is 2. The van der Waals surface area contributed by atoms with Crippen LogP contribution in [0.1, 0.15) is 12.0 Å². The van der Waals surface area contributed by atoms with Crippen LogP contribution in [0.15, 0.2) is 59.9 Å². The number of hydrogen-bond donors (Lipinski definition) is 2. The van der Waals surface area contributed by atoms with Crippen molar-refractivity contribution >= 4 is 21.9 Å². The van der Waals surface area contributed by atoms with Gasteiger partial charge in [-0.2, -0.15) is 5.10 Å². The third-order valence-electron chi connectivity index (χ3n) is 6.69. The van der Waals surface area contributed by atoms with Crippen molar-refractivity contribution in [2.45, 2.75) is 18.9 Å². The van der Waals surface area contributed by atoms with Crippen LogP contribution in [-0.2, 0) is 6.54 Å². The van der Waals surface area contributed by atoms with Crippen molar-refractivity contribution in [1.82, 2.24) is 40.0 Å². The highest BCUT2D eigenvalue weighted by molar-refractivity contribution is 5.97. The molecule has 0 radical (unpaired) electrons. The summed E-state index contributed by atoms with van der Waals surface area (Å²) >= 11 is 0. The number of rotatable bonds is 5. The Morgan fingerprint density at radius 1 is 1.03 bits per heavy atom. The lowest BCUT2D eigenvalue weighted by Crippen LogP contribution is -2.24. The summed E-state index contributed by atoms with van der Waals surface area (Å²) < 4.78 is 48.4. The monoisotopic (exact) mass is 516 g/mol. The number of fused-ring (bicyclic) bond motifs is 2. The molecule has 1 fully saturated rings. The van der Waals surface area contributed by atoms with Gasteiger partial charge in [0.2, 0.25) is 0 Å². The third-order valence-corrected chi connectivity index (χ3v) is 6.69. The van der Waals surface area contributed by atoms with Gasteiger partial charge in [0.15, 0.2) is 11.6 Å². The first-order valence-corrected chi connectivity index (χ1v) is 11.9. The first-order chi connectivity index (χ1) is 18.4. The molecule has 1 saturated heterocycles. The zero-order valence-corrected chi connectivity index (χ0v) is 19.8. The highest BCUT2D eigenvalue weighted by Gasteiger charge is 2.38. The molecule has 0 amide bonds. The number of H-pyrrole nitrogens is 2. The first kappa shape index (κ1) is 22.6. The summed E-state index contributed by atoms with van der Waals surface area (Å²) in [5.74, 6) is -2.92. The number of halogens is 3. The number of imidazole rings is 1. The predicted molar refractivity (Wildman–Crippen MR) is 133 cm³/mol. The average molecular weight is 516 g/mol. The Kier molecular flexibility index (Phi) is 5.05. The highest BCUT2D eigenvalue weighted by Crippen LogP contribution is 2.34. The maximum atomic E-state index is 16.0. The molecule has 6 aromatic heterocycles. The van der Waals surface area contributed by atoms with E-state index in [0.717, 1.165) is 5.56 Å². The van der Waals surface area contributed by atoms with E-state index in [-0.39, 0.29) is 24.0 Å². The number of alkyl halides is 2. The van der Waals surface area contributed by atoms with Gasteiger partial charge in [-0.1, -0.05) is 0 Å². The average Bonchev–Trinajstić information content (AvgIpc) is 3.70. The van der Waals surface area contributed by atoms with Crippen molar-refractivity contribution in [2.75, 3.05) is 13.1 Å². The SMILES string of the molecule is Fc1c(-c2cncc(CN3CCC(F)(F)C3)c2)ncc2[nH]nc(-c3nc4c(-c5ccoc5)nccc4[nH]3)c12. The zero-order chi connectivity index (χ0) is 25.9. The minimum absolute atomic E-state index is 0.0816. The van der Waals surface area contributed by atoms with Crippen LogP contribution >= 0.6 is 0 Å². The van der Waals surface area contributed by atoms with Crippen molar-refractivity contribution in [2.24, 2.45) is 0 Å². The molecule has 0 unspecified atom stereocenters. The molecule has 6 aromatic rings. The van der Waals surface area contributed by atoms with Gasteiger partial charge in [0.25, 0.3) is 5.92 Å². The standard InChI is InChI=1S/C26H19F3N8O/c27-20-19-18(10-32-21(20)16-7-14(8-30-9-16)11-37-5-3-26(28,29)13-37)35-36-24(19)25-33-17-1-4-31-22(23(17)34-25)15-2-6-38-12-15/h1-2,4,6-10,12H,3,5,11,13H2,(H,33,34)(H,35,36). The summed E-state index contributed by atoms with van der Waals surface area (Å²) in [4.78, 5) is 22.5. The molecule has 1 aliphatic rings. The lowest BCUT2D eigenvalue weighted by Gasteiger charge is -2.15. The van der Waals surface area contributed by atoms with E-state index in [2.05, 4.69) is 35.1 Å². The summed E-state index contributed by atoms with van der Waals surface area (Å²) in [5.41, 5.74) is 4.61. The molecule has 190 valence electrons. The van der Waals surface area contributed by atoms with E-state index in [4.69, 9.17) is 4.42 Å². The van der Waals surface area contributed by atoms with Crippen molar-refractivity contribution < 1.29 is 17.6 Å². The smallest absolute Gasteiger partial charge is 0.261 e. The normalized spacial score (nSPS) is 15.7. The van der Waals surface area contributed by atoms with Gasteiger partial charge in [-0.25, -0.2) is 18.2 Å². The van der Waals surface area contributed by atoms with E-state index >= 15 is 4.39 Å². The second kappa shape index (κ2) is 8.48. The summed E-state index contributed by atoms with van der Waals surface area (Å²) in [6.07, 6.45) is 9.22. The van der Waals surface area contributed by atoms with Crippen LogP contribution in [-0.4, -0.2) is 59.0 Å². The van der Waals surface area contributed by atoms with Crippen LogP contribution in [0.4, 0.5) is 13.2 Å². The molecule has 9 nitrogen and oxygen atoms in total. The van der Waals surface area contributed by atoms with Crippen LogP contribution in [0.5, 0.6) is 0 Å². The largest absolute Gasteiger partial charge is 0.472 e. The second-order valence-electron chi connectivity index (χ2n) is 9.33. The minimum Gasteiger partial charge on any atom is -0.472 e. The fourth-order valence-electron chi connectivity index (χ4n) is 4.91. The van der Waals surface area contributed by atoms with Gasteiger partial charge in [0.1, 0.15) is 22.6 Å². The Hall–Kier alpha value is -4.58. The van der Waals surface area contributed by atoms with E-state index in [0.29, 0.717) is 58.0 Å². The van der Waals surface area contributed by atoms with E-state index in [1.54, 1.807) is 48.0 Å². The molecule has 0 aliphatic carbocycles. The van der Waals surface area contributed by atoms with E-state index < -0.39 is 11.7 Å². The second-order valence-corrected chi connectivity index (χ2v) is 9.33. The Morgan fingerprint density at radius 3 is 2.76 bits per heavy atom. The zero-order valence-electron chi connectivity index (χ0n) is 19.8. The lowest BCUT2D eigenvalue weighted by atomic mass is 10.1. The molecule has 7 rings (SSSR count). The number of furan rings is 1. The molecule has 0 atom stereocenters. The molecule has 0 spiro atoms. The minimum atomic E-state index is -2.69. The van der Waals surface area contributed by atoms with Crippen molar-refractivity contribution in [3.8, 4) is 34.0 Å².